The predicted octanol–water partition coefficient (Wildman–Crippen LogP) is 3.39. The summed E-state index contributed by atoms with van der Waals surface area (Å²) in [6, 6.07) is 14.8. The molecule has 108 valence electrons. The van der Waals surface area contributed by atoms with Crippen LogP contribution in [0.25, 0.3) is 10.9 Å². The number of aryl methyl sites for hydroxylation is 1. The molecule has 0 aliphatic carbocycles. The van der Waals surface area contributed by atoms with Crippen molar-refractivity contribution < 1.29 is 0 Å². The van der Waals surface area contributed by atoms with Crippen molar-refractivity contribution >= 4 is 10.9 Å². The first-order valence-electron chi connectivity index (χ1n) is 7.56. The summed E-state index contributed by atoms with van der Waals surface area (Å²) in [5, 5.41) is 4.74. The average Bonchev–Trinajstić information content (AvgIpc) is 2.99. The third-order valence-electron chi connectivity index (χ3n) is 3.86. The zero-order valence-electron chi connectivity index (χ0n) is 12.4. The van der Waals surface area contributed by atoms with Crippen LogP contribution < -0.4 is 5.32 Å². The highest BCUT2D eigenvalue weighted by Crippen LogP contribution is 2.16. The summed E-state index contributed by atoms with van der Waals surface area (Å²) in [5.74, 6) is 0. The summed E-state index contributed by atoms with van der Waals surface area (Å²) in [6.45, 7) is 5.08. The van der Waals surface area contributed by atoms with Crippen LogP contribution >= 0.6 is 0 Å². The van der Waals surface area contributed by atoms with Crippen LogP contribution in [0.4, 0.5) is 0 Å². The van der Waals surface area contributed by atoms with Gasteiger partial charge in [-0.1, -0.05) is 24.3 Å². The van der Waals surface area contributed by atoms with E-state index in [1.165, 1.54) is 16.6 Å². The molecule has 0 unspecified atom stereocenters. The van der Waals surface area contributed by atoms with E-state index in [1.54, 1.807) is 0 Å². The first-order chi connectivity index (χ1) is 10.4. The maximum Gasteiger partial charge on any atom is 0.0734 e. The van der Waals surface area contributed by atoms with Gasteiger partial charge in [-0.25, -0.2) is 0 Å². The highest BCUT2D eigenvalue weighted by atomic mass is 15.0. The molecule has 2 aromatic heterocycles. The lowest BCUT2D eigenvalue weighted by atomic mass is 10.1. The lowest BCUT2D eigenvalue weighted by Crippen LogP contribution is -2.18. The Bertz CT molecular complexity index is 710. The van der Waals surface area contributed by atoms with Gasteiger partial charge < -0.3 is 9.88 Å². The third kappa shape index (κ3) is 3.14. The Morgan fingerprint density at radius 1 is 1.10 bits per heavy atom. The van der Waals surface area contributed by atoms with Gasteiger partial charge in [-0.2, -0.15) is 0 Å². The molecule has 1 aromatic carbocycles. The quantitative estimate of drug-likeness (QED) is 0.701. The van der Waals surface area contributed by atoms with E-state index in [0.29, 0.717) is 0 Å². The number of nitrogens with zero attached hydrogens (tertiary/aromatic N) is 2. The standard InChI is InChI=1S/C18H21N3/c1-2-21-13-5-9-17(21)14-19-12-10-16-7-3-6-15-8-4-11-20-18(15)16/h3-9,11,13,19H,2,10,12,14H2,1H3. The Morgan fingerprint density at radius 3 is 2.90 bits per heavy atom. The molecule has 3 nitrogen and oxygen atoms in total. The summed E-state index contributed by atoms with van der Waals surface area (Å²) in [4.78, 5) is 4.51. The molecule has 1 N–H and O–H groups in total. The van der Waals surface area contributed by atoms with Crippen molar-refractivity contribution in [1.82, 2.24) is 14.9 Å². The van der Waals surface area contributed by atoms with Gasteiger partial charge in [-0.05, 0) is 43.7 Å². The Hall–Kier alpha value is -2.13. The Morgan fingerprint density at radius 2 is 2.00 bits per heavy atom. The van der Waals surface area contributed by atoms with E-state index < -0.39 is 0 Å². The van der Waals surface area contributed by atoms with Crippen LogP contribution in [0.5, 0.6) is 0 Å². The van der Waals surface area contributed by atoms with Crippen molar-refractivity contribution in [3.63, 3.8) is 0 Å². The van der Waals surface area contributed by atoms with Crippen molar-refractivity contribution in [2.24, 2.45) is 0 Å². The Labute approximate surface area is 125 Å². The van der Waals surface area contributed by atoms with Crippen LogP contribution in [0.1, 0.15) is 18.2 Å². The van der Waals surface area contributed by atoms with Crippen LogP contribution in [0, 0.1) is 0 Å². The Balaban J connectivity index is 1.60. The summed E-state index contributed by atoms with van der Waals surface area (Å²) in [6.07, 6.45) is 5.00. The summed E-state index contributed by atoms with van der Waals surface area (Å²) < 4.78 is 2.27. The number of rotatable bonds is 6. The second kappa shape index (κ2) is 6.55. The van der Waals surface area contributed by atoms with Gasteiger partial charge in [0.2, 0.25) is 0 Å². The van der Waals surface area contributed by atoms with Gasteiger partial charge >= 0.3 is 0 Å². The smallest absolute Gasteiger partial charge is 0.0734 e. The van der Waals surface area contributed by atoms with Gasteiger partial charge in [0.1, 0.15) is 0 Å². The second-order valence-electron chi connectivity index (χ2n) is 5.20. The van der Waals surface area contributed by atoms with Gasteiger partial charge in [0.25, 0.3) is 0 Å². The molecule has 0 amide bonds. The molecule has 0 atom stereocenters. The minimum absolute atomic E-state index is 0.916. The molecule has 0 fully saturated rings. The number of hydrogen-bond donors (Lipinski definition) is 1. The van der Waals surface area contributed by atoms with E-state index in [1.807, 2.05) is 12.3 Å². The molecular weight excluding hydrogens is 258 g/mol. The SMILES string of the molecule is CCn1cccc1CNCCc1cccc2cccnc12. The molecule has 0 aliphatic rings. The number of pyridine rings is 1. The van der Waals surface area contributed by atoms with Crippen LogP contribution in [0.15, 0.2) is 54.9 Å². The fourth-order valence-corrected chi connectivity index (χ4v) is 2.73. The molecular formula is C18H21N3. The average molecular weight is 279 g/mol. The molecule has 0 radical (unpaired) electrons. The monoisotopic (exact) mass is 279 g/mol. The molecule has 0 saturated carbocycles. The zero-order valence-corrected chi connectivity index (χ0v) is 12.4. The van der Waals surface area contributed by atoms with E-state index in [-0.39, 0.29) is 0 Å². The number of nitrogens with one attached hydrogen (secondary N) is 1. The normalized spacial score (nSPS) is 11.1. The predicted molar refractivity (Wildman–Crippen MR) is 87.3 cm³/mol. The van der Waals surface area contributed by atoms with Crippen molar-refractivity contribution in [3.05, 3.63) is 66.1 Å². The summed E-state index contributed by atoms with van der Waals surface area (Å²) >= 11 is 0. The molecule has 0 saturated heterocycles. The van der Waals surface area contributed by atoms with E-state index in [2.05, 4.69) is 64.4 Å². The summed E-state index contributed by atoms with van der Waals surface area (Å²) in [7, 11) is 0. The second-order valence-corrected chi connectivity index (χ2v) is 5.20. The number of para-hydroxylation sites is 1. The fourth-order valence-electron chi connectivity index (χ4n) is 2.73. The minimum Gasteiger partial charge on any atom is -0.351 e. The lowest BCUT2D eigenvalue weighted by Gasteiger charge is -2.09. The van der Waals surface area contributed by atoms with Crippen molar-refractivity contribution in [1.29, 1.82) is 0 Å². The maximum absolute atomic E-state index is 4.51. The first-order valence-corrected chi connectivity index (χ1v) is 7.56. The molecule has 3 aromatic rings. The molecule has 21 heavy (non-hydrogen) atoms. The van der Waals surface area contributed by atoms with Gasteiger partial charge in [0, 0.05) is 36.6 Å². The molecule has 3 heteroatoms. The largest absolute Gasteiger partial charge is 0.351 e. The van der Waals surface area contributed by atoms with Crippen LogP contribution in [-0.4, -0.2) is 16.1 Å². The van der Waals surface area contributed by atoms with Gasteiger partial charge in [-0.15, -0.1) is 0 Å². The highest BCUT2D eigenvalue weighted by molar-refractivity contribution is 5.81. The zero-order chi connectivity index (χ0) is 14.5. The molecule has 2 heterocycles. The molecule has 0 bridgehead atoms. The van der Waals surface area contributed by atoms with Crippen molar-refractivity contribution in [2.45, 2.75) is 26.4 Å². The molecule has 3 rings (SSSR count). The lowest BCUT2D eigenvalue weighted by molar-refractivity contribution is 0.629. The summed E-state index contributed by atoms with van der Waals surface area (Å²) in [5.41, 5.74) is 3.78. The fraction of sp³-hybridized carbons (Fsp3) is 0.278. The molecule has 0 aliphatic heterocycles. The van der Waals surface area contributed by atoms with E-state index in [0.717, 1.165) is 31.6 Å². The number of benzene rings is 1. The van der Waals surface area contributed by atoms with Gasteiger partial charge in [0.15, 0.2) is 0 Å². The van der Waals surface area contributed by atoms with Gasteiger partial charge in [-0.3, -0.25) is 4.98 Å². The van der Waals surface area contributed by atoms with Crippen molar-refractivity contribution in [3.8, 4) is 0 Å². The third-order valence-corrected chi connectivity index (χ3v) is 3.86. The number of fused-ring (bicyclic) bond motifs is 1. The Kier molecular flexibility index (Phi) is 4.31. The molecule has 0 spiro atoms. The first kappa shape index (κ1) is 13.8. The highest BCUT2D eigenvalue weighted by Gasteiger charge is 2.02. The number of aromatic nitrogens is 2. The van der Waals surface area contributed by atoms with Gasteiger partial charge in [0.05, 0.1) is 5.52 Å². The van der Waals surface area contributed by atoms with Crippen molar-refractivity contribution in [2.75, 3.05) is 6.54 Å². The van der Waals surface area contributed by atoms with Crippen LogP contribution in [0.3, 0.4) is 0 Å². The van der Waals surface area contributed by atoms with Crippen LogP contribution in [-0.2, 0) is 19.5 Å². The van der Waals surface area contributed by atoms with Crippen LogP contribution in [0.2, 0.25) is 0 Å². The van der Waals surface area contributed by atoms with E-state index in [9.17, 15) is 0 Å². The van der Waals surface area contributed by atoms with E-state index in [4.69, 9.17) is 0 Å². The topological polar surface area (TPSA) is 29.9 Å². The maximum atomic E-state index is 4.51. The number of hydrogen-bond acceptors (Lipinski definition) is 2. The van der Waals surface area contributed by atoms with E-state index >= 15 is 0 Å². The minimum atomic E-state index is 0.916.